The van der Waals surface area contributed by atoms with Gasteiger partial charge in [-0.15, -0.1) is 0 Å². The highest BCUT2D eigenvalue weighted by atomic mass is 79.9. The van der Waals surface area contributed by atoms with Crippen LogP contribution in [0.2, 0.25) is 0 Å². The van der Waals surface area contributed by atoms with Crippen LogP contribution in [0.1, 0.15) is 47.8 Å². The maximum atomic E-state index is 13.9. The van der Waals surface area contributed by atoms with E-state index in [1.165, 1.54) is 6.07 Å². The highest BCUT2D eigenvalue weighted by Gasteiger charge is 2.63. The van der Waals surface area contributed by atoms with Crippen LogP contribution in [0.15, 0.2) is 42.5 Å². The number of esters is 1. The zero-order valence-electron chi connectivity index (χ0n) is 17.4. The van der Waals surface area contributed by atoms with Crippen molar-refractivity contribution >= 4 is 39.4 Å². The normalized spacial score (nSPS) is 19.9. The van der Waals surface area contributed by atoms with Crippen LogP contribution in [0, 0.1) is 23.1 Å². The molecule has 0 aromatic heterocycles. The molecule has 32 heavy (non-hydrogen) atoms. The first-order chi connectivity index (χ1) is 15.2. The van der Waals surface area contributed by atoms with Crippen molar-refractivity contribution in [2.75, 3.05) is 11.9 Å². The van der Waals surface area contributed by atoms with E-state index in [0.29, 0.717) is 5.56 Å². The van der Waals surface area contributed by atoms with Crippen molar-refractivity contribution in [3.63, 3.8) is 0 Å². The zero-order chi connectivity index (χ0) is 23.5. The average Bonchev–Trinajstić information content (AvgIpc) is 3.48. The van der Waals surface area contributed by atoms with Gasteiger partial charge < -0.3 is 15.4 Å². The number of hydrogen-bond acceptors (Lipinski definition) is 5. The molecule has 3 rings (SSSR count). The predicted molar refractivity (Wildman–Crippen MR) is 118 cm³/mol. The summed E-state index contributed by atoms with van der Waals surface area (Å²) in [5, 5.41) is 14.3. The van der Waals surface area contributed by atoms with E-state index in [4.69, 9.17) is 10.00 Å². The van der Waals surface area contributed by atoms with Gasteiger partial charge in [-0.25, -0.2) is 4.39 Å². The van der Waals surface area contributed by atoms with Gasteiger partial charge in [0.2, 0.25) is 5.91 Å². The highest BCUT2D eigenvalue weighted by Crippen LogP contribution is 2.52. The van der Waals surface area contributed by atoms with E-state index >= 15 is 0 Å². The van der Waals surface area contributed by atoms with Gasteiger partial charge in [0.1, 0.15) is 10.1 Å². The molecule has 3 atom stereocenters. The molecule has 0 aliphatic heterocycles. The van der Waals surface area contributed by atoms with E-state index in [1.807, 2.05) is 6.07 Å². The first kappa shape index (κ1) is 23.4. The van der Waals surface area contributed by atoms with Crippen LogP contribution in [0.25, 0.3) is 0 Å². The number of nitriles is 1. The summed E-state index contributed by atoms with van der Waals surface area (Å²) < 4.78 is 17.8. The molecule has 1 saturated carbocycles. The van der Waals surface area contributed by atoms with E-state index in [1.54, 1.807) is 38.1 Å². The summed E-state index contributed by atoms with van der Waals surface area (Å²) in [5.74, 6) is -2.88. The van der Waals surface area contributed by atoms with E-state index in [0.717, 1.165) is 17.7 Å². The number of carbonyl (C=O) groups excluding carboxylic acids is 3. The molecule has 0 radical (unpaired) electrons. The van der Waals surface area contributed by atoms with Gasteiger partial charge in [-0.05, 0) is 56.2 Å². The Hall–Kier alpha value is -3.25. The molecule has 9 heteroatoms. The summed E-state index contributed by atoms with van der Waals surface area (Å²) in [7, 11) is 0. The summed E-state index contributed by atoms with van der Waals surface area (Å²) in [4.78, 5) is 37.5. The summed E-state index contributed by atoms with van der Waals surface area (Å²) in [6.45, 7) is 3.62. The van der Waals surface area contributed by atoms with Gasteiger partial charge in [0, 0.05) is 0 Å². The number of alkyl halides is 1. The highest BCUT2D eigenvalue weighted by molar-refractivity contribution is 9.10. The Labute approximate surface area is 193 Å². The molecule has 1 fully saturated rings. The molecule has 2 N–H and O–H groups in total. The smallest absolute Gasteiger partial charge is 0.323 e. The summed E-state index contributed by atoms with van der Waals surface area (Å²) >= 11 is 3.27. The predicted octanol–water partition coefficient (Wildman–Crippen LogP) is 3.84. The lowest BCUT2D eigenvalue weighted by atomic mass is 10.1. The number of ether oxygens (including phenoxy) is 1. The van der Waals surface area contributed by atoms with Gasteiger partial charge >= 0.3 is 5.97 Å². The molecular weight excluding hydrogens is 481 g/mol. The minimum Gasteiger partial charge on any atom is -0.465 e. The van der Waals surface area contributed by atoms with Crippen LogP contribution in [0.3, 0.4) is 0 Å². The third kappa shape index (κ3) is 4.97. The third-order valence-corrected chi connectivity index (χ3v) is 6.40. The molecule has 2 amide bonds. The van der Waals surface area contributed by atoms with Gasteiger partial charge in [0.05, 0.1) is 41.5 Å². The number of halogens is 2. The molecule has 0 heterocycles. The van der Waals surface area contributed by atoms with Crippen LogP contribution < -0.4 is 10.6 Å². The Morgan fingerprint density at radius 2 is 1.97 bits per heavy atom. The van der Waals surface area contributed by atoms with Crippen molar-refractivity contribution in [3.8, 4) is 6.07 Å². The summed E-state index contributed by atoms with van der Waals surface area (Å²) in [6, 6.07) is 11.8. The third-order valence-electron chi connectivity index (χ3n) is 5.20. The van der Waals surface area contributed by atoms with Gasteiger partial charge in [-0.3, -0.25) is 14.4 Å². The number of benzene rings is 2. The molecule has 1 aliphatic rings. The molecule has 0 spiro atoms. The van der Waals surface area contributed by atoms with Crippen molar-refractivity contribution in [2.24, 2.45) is 5.92 Å². The van der Waals surface area contributed by atoms with Gasteiger partial charge in [0.25, 0.3) is 5.91 Å². The molecule has 3 unspecified atom stereocenters. The van der Waals surface area contributed by atoms with Gasteiger partial charge in [0.15, 0.2) is 0 Å². The number of amides is 2. The van der Waals surface area contributed by atoms with E-state index in [9.17, 15) is 18.8 Å². The van der Waals surface area contributed by atoms with E-state index in [2.05, 4.69) is 26.6 Å². The number of nitrogens with zero attached hydrogens (tertiary/aromatic N) is 1. The summed E-state index contributed by atoms with van der Waals surface area (Å²) in [5.41, 5.74) is 1.34. The zero-order valence-corrected chi connectivity index (χ0v) is 19.0. The van der Waals surface area contributed by atoms with Crippen LogP contribution in [0.5, 0.6) is 0 Å². The Bertz CT molecular complexity index is 1100. The lowest BCUT2D eigenvalue weighted by Crippen LogP contribution is -2.29. The molecule has 166 valence electrons. The van der Waals surface area contributed by atoms with Crippen LogP contribution in [0.4, 0.5) is 10.1 Å². The summed E-state index contributed by atoms with van der Waals surface area (Å²) in [6.07, 6.45) is 0.260. The molecule has 2 aromatic carbocycles. The molecular formula is C23H21BrFN3O4. The van der Waals surface area contributed by atoms with Crippen molar-refractivity contribution in [3.05, 3.63) is 65.0 Å². The Morgan fingerprint density at radius 3 is 2.59 bits per heavy atom. The second kappa shape index (κ2) is 9.49. The fraction of sp³-hybridized carbons (Fsp3) is 0.304. The first-order valence-electron chi connectivity index (χ1n) is 9.97. The van der Waals surface area contributed by atoms with E-state index < -0.39 is 39.9 Å². The minimum absolute atomic E-state index is 0.0456. The average molecular weight is 502 g/mol. The number of anilines is 1. The van der Waals surface area contributed by atoms with Crippen molar-refractivity contribution in [1.82, 2.24) is 5.32 Å². The lowest BCUT2D eigenvalue weighted by Gasteiger charge is -2.17. The largest absolute Gasteiger partial charge is 0.465 e. The topological polar surface area (TPSA) is 108 Å². The van der Waals surface area contributed by atoms with Crippen LogP contribution in [-0.4, -0.2) is 28.7 Å². The monoisotopic (exact) mass is 501 g/mol. The fourth-order valence-corrected chi connectivity index (χ4v) is 3.90. The van der Waals surface area contributed by atoms with Gasteiger partial charge in [-0.2, -0.15) is 5.26 Å². The molecule has 7 nitrogen and oxygen atoms in total. The van der Waals surface area contributed by atoms with Crippen molar-refractivity contribution < 1.29 is 23.5 Å². The SMILES string of the molecule is CCOC(=O)C1(Br)CC1C(=O)Nc1ccc(F)cc1C(=O)NC(C)c1ccc(C#N)cc1. The first-order valence-corrected chi connectivity index (χ1v) is 10.8. The lowest BCUT2D eigenvalue weighted by molar-refractivity contribution is -0.144. The van der Waals surface area contributed by atoms with E-state index in [-0.39, 0.29) is 24.3 Å². The minimum atomic E-state index is -1.08. The van der Waals surface area contributed by atoms with Crippen molar-refractivity contribution in [1.29, 1.82) is 5.26 Å². The molecule has 0 saturated heterocycles. The van der Waals surface area contributed by atoms with Crippen LogP contribution in [-0.2, 0) is 14.3 Å². The maximum Gasteiger partial charge on any atom is 0.323 e. The second-order valence-electron chi connectivity index (χ2n) is 7.45. The number of rotatable bonds is 7. The quantitative estimate of drug-likeness (QED) is 0.442. The number of hydrogen-bond donors (Lipinski definition) is 2. The maximum absolute atomic E-state index is 13.9. The number of carbonyl (C=O) groups is 3. The second-order valence-corrected chi connectivity index (χ2v) is 8.86. The number of nitrogens with one attached hydrogen (secondary N) is 2. The standard InChI is InChI=1S/C23H21BrFN3O4/c1-3-32-22(31)23(24)11-18(23)21(30)28-19-9-8-16(25)10-17(19)20(29)27-13(2)15-6-4-14(12-26)5-7-15/h4-10,13,18H,3,11H2,1-2H3,(H,27,29)(H,28,30). The van der Waals surface area contributed by atoms with Crippen molar-refractivity contribution in [2.45, 2.75) is 30.6 Å². The molecule has 2 aromatic rings. The fourth-order valence-electron chi connectivity index (χ4n) is 3.25. The van der Waals surface area contributed by atoms with Crippen LogP contribution >= 0.6 is 15.9 Å². The molecule has 0 bridgehead atoms. The molecule has 1 aliphatic carbocycles. The Kier molecular flexibility index (Phi) is 6.94. The Morgan fingerprint density at radius 1 is 1.28 bits per heavy atom. The van der Waals surface area contributed by atoms with Gasteiger partial charge in [-0.1, -0.05) is 28.1 Å². The Balaban J connectivity index is 1.73.